The number of benzene rings is 2. The topological polar surface area (TPSA) is 69.0 Å². The van der Waals surface area contributed by atoms with Gasteiger partial charge in [0.05, 0.1) is 11.4 Å². The van der Waals surface area contributed by atoms with Gasteiger partial charge in [-0.1, -0.05) is 41.6 Å². The highest BCUT2D eigenvalue weighted by molar-refractivity contribution is 7.99. The summed E-state index contributed by atoms with van der Waals surface area (Å²) in [5.74, 6) is 0.00261. The van der Waals surface area contributed by atoms with Crippen molar-refractivity contribution in [2.24, 2.45) is 0 Å². The first-order valence-corrected chi connectivity index (χ1v) is 10.4. The van der Waals surface area contributed by atoms with E-state index >= 15 is 0 Å². The van der Waals surface area contributed by atoms with Crippen LogP contribution in [-0.4, -0.2) is 39.2 Å². The first-order valence-electron chi connectivity index (χ1n) is 9.06. The molecule has 0 fully saturated rings. The van der Waals surface area contributed by atoms with E-state index in [1.807, 2.05) is 19.1 Å². The van der Waals surface area contributed by atoms with Crippen LogP contribution in [0.4, 0.5) is 13.2 Å². The Morgan fingerprint density at radius 3 is 2.65 bits per heavy atom. The molecule has 0 unspecified atom stereocenters. The summed E-state index contributed by atoms with van der Waals surface area (Å²) in [6.07, 6.45) is -2.84. The highest BCUT2D eigenvalue weighted by atomic mass is 35.5. The van der Waals surface area contributed by atoms with E-state index in [9.17, 15) is 18.0 Å². The van der Waals surface area contributed by atoms with Crippen LogP contribution >= 0.6 is 23.4 Å². The minimum absolute atomic E-state index is 0.110. The molecule has 0 aliphatic carbocycles. The first-order chi connectivity index (χ1) is 14.7. The van der Waals surface area contributed by atoms with E-state index in [4.69, 9.17) is 11.6 Å². The zero-order valence-corrected chi connectivity index (χ0v) is 17.9. The van der Waals surface area contributed by atoms with Crippen molar-refractivity contribution in [3.05, 3.63) is 64.9 Å². The Bertz CT molecular complexity index is 1040. The van der Waals surface area contributed by atoms with Crippen LogP contribution in [0.15, 0.2) is 53.9 Å². The third-order valence-electron chi connectivity index (χ3n) is 4.10. The molecule has 1 amide bonds. The van der Waals surface area contributed by atoms with Gasteiger partial charge in [0.25, 0.3) is 0 Å². The predicted octanol–water partition coefficient (Wildman–Crippen LogP) is 4.58. The zero-order chi connectivity index (χ0) is 22.4. The molecule has 0 radical (unpaired) electrons. The van der Waals surface area contributed by atoms with E-state index < -0.39 is 12.8 Å². The summed E-state index contributed by atoms with van der Waals surface area (Å²) in [6, 6.07) is 11.6. The van der Waals surface area contributed by atoms with Gasteiger partial charge in [-0.3, -0.25) is 9.36 Å². The van der Waals surface area contributed by atoms with Gasteiger partial charge >= 0.3 is 6.18 Å². The van der Waals surface area contributed by atoms with E-state index in [1.54, 1.807) is 29.1 Å². The molecule has 6 nitrogen and oxygen atoms in total. The molecule has 0 aliphatic rings. The molecular formula is C20H18ClF3N4O2S. The Morgan fingerprint density at radius 2 is 1.97 bits per heavy atom. The van der Waals surface area contributed by atoms with Gasteiger partial charge in [0.2, 0.25) is 5.91 Å². The highest BCUT2D eigenvalue weighted by Crippen LogP contribution is 2.24. The van der Waals surface area contributed by atoms with Crippen LogP contribution in [0.3, 0.4) is 0 Å². The summed E-state index contributed by atoms with van der Waals surface area (Å²) < 4.78 is 42.9. The second kappa shape index (κ2) is 10.1. The van der Waals surface area contributed by atoms with Gasteiger partial charge < -0.3 is 10.1 Å². The second-order valence-corrected chi connectivity index (χ2v) is 7.88. The van der Waals surface area contributed by atoms with E-state index in [-0.39, 0.29) is 24.0 Å². The van der Waals surface area contributed by atoms with Crippen molar-refractivity contribution in [1.29, 1.82) is 0 Å². The molecule has 0 aliphatic heterocycles. The normalized spacial score (nSPS) is 11.4. The minimum Gasteiger partial charge on any atom is -0.484 e. The van der Waals surface area contributed by atoms with Crippen molar-refractivity contribution >= 4 is 29.3 Å². The highest BCUT2D eigenvalue weighted by Gasteiger charge is 2.28. The molecule has 3 rings (SSSR count). The number of thioether (sulfide) groups is 1. The SMILES string of the molecule is Cc1ccc(-n2cnnc2SCC(=O)NCc2ccc(OCC(F)(F)F)cc2)cc1Cl. The number of rotatable bonds is 8. The molecule has 11 heteroatoms. The number of amides is 1. The Hall–Kier alpha value is -2.72. The molecule has 0 saturated heterocycles. The number of carbonyl (C=O) groups is 1. The summed E-state index contributed by atoms with van der Waals surface area (Å²) in [5, 5.41) is 11.9. The first kappa shape index (κ1) is 23.0. The average Bonchev–Trinajstić information content (AvgIpc) is 3.20. The summed E-state index contributed by atoms with van der Waals surface area (Å²) >= 11 is 7.40. The van der Waals surface area contributed by atoms with Crippen molar-refractivity contribution < 1.29 is 22.7 Å². The third kappa shape index (κ3) is 6.90. The van der Waals surface area contributed by atoms with E-state index in [2.05, 4.69) is 20.3 Å². The molecule has 164 valence electrons. The lowest BCUT2D eigenvalue weighted by atomic mass is 10.2. The lowest BCUT2D eigenvalue weighted by Gasteiger charge is -2.10. The fraction of sp³-hybridized carbons (Fsp3) is 0.250. The number of nitrogens with zero attached hydrogens (tertiary/aromatic N) is 3. The third-order valence-corrected chi connectivity index (χ3v) is 5.45. The molecule has 3 aromatic rings. The van der Waals surface area contributed by atoms with Crippen molar-refractivity contribution in [2.75, 3.05) is 12.4 Å². The summed E-state index contributed by atoms with van der Waals surface area (Å²) in [4.78, 5) is 12.2. The Balaban J connectivity index is 1.49. The molecule has 1 N–H and O–H groups in total. The number of hydrogen-bond acceptors (Lipinski definition) is 5. The molecule has 0 saturated carbocycles. The Morgan fingerprint density at radius 1 is 1.23 bits per heavy atom. The average molecular weight is 471 g/mol. The van der Waals surface area contributed by atoms with Crippen molar-refractivity contribution in [1.82, 2.24) is 20.1 Å². The van der Waals surface area contributed by atoms with Crippen LogP contribution in [-0.2, 0) is 11.3 Å². The molecule has 1 aromatic heterocycles. The number of aryl methyl sites for hydroxylation is 1. The maximum Gasteiger partial charge on any atom is 0.422 e. The summed E-state index contributed by atoms with van der Waals surface area (Å²) in [6.45, 7) is 0.792. The standard InChI is InChI=1S/C20H18ClF3N4O2S/c1-13-2-5-15(8-17(13)21)28-12-26-27-19(28)31-10-18(29)25-9-14-3-6-16(7-4-14)30-11-20(22,23)24/h2-8,12H,9-11H2,1H3,(H,25,29). The smallest absolute Gasteiger partial charge is 0.422 e. The van der Waals surface area contributed by atoms with Gasteiger partial charge in [-0.05, 0) is 42.3 Å². The number of ether oxygens (including phenoxy) is 1. The lowest BCUT2D eigenvalue weighted by molar-refractivity contribution is -0.153. The van der Waals surface area contributed by atoms with Crippen molar-refractivity contribution in [3.8, 4) is 11.4 Å². The van der Waals surface area contributed by atoms with Gasteiger partial charge in [-0.2, -0.15) is 13.2 Å². The van der Waals surface area contributed by atoms with Crippen LogP contribution in [0, 0.1) is 6.92 Å². The molecule has 2 aromatic carbocycles. The Kier molecular flexibility index (Phi) is 7.45. The monoisotopic (exact) mass is 470 g/mol. The Labute approximate surface area is 185 Å². The molecule has 1 heterocycles. The van der Waals surface area contributed by atoms with Gasteiger partial charge in [-0.15, -0.1) is 10.2 Å². The molecule has 0 spiro atoms. The van der Waals surface area contributed by atoms with Crippen molar-refractivity contribution in [3.63, 3.8) is 0 Å². The summed E-state index contributed by atoms with van der Waals surface area (Å²) in [7, 11) is 0. The summed E-state index contributed by atoms with van der Waals surface area (Å²) in [5.41, 5.74) is 2.47. The van der Waals surface area contributed by atoms with Crippen LogP contribution in [0.25, 0.3) is 5.69 Å². The maximum atomic E-state index is 12.2. The van der Waals surface area contributed by atoms with Crippen LogP contribution in [0.5, 0.6) is 5.75 Å². The number of hydrogen-bond donors (Lipinski definition) is 1. The molecular weight excluding hydrogens is 453 g/mol. The number of aromatic nitrogens is 3. The second-order valence-electron chi connectivity index (χ2n) is 6.53. The largest absolute Gasteiger partial charge is 0.484 e. The van der Waals surface area contributed by atoms with Gasteiger partial charge in [0.15, 0.2) is 11.8 Å². The van der Waals surface area contributed by atoms with Crippen LogP contribution in [0.2, 0.25) is 5.02 Å². The maximum absolute atomic E-state index is 12.2. The fourth-order valence-corrected chi connectivity index (χ4v) is 3.42. The van der Waals surface area contributed by atoms with Crippen molar-refractivity contribution in [2.45, 2.75) is 24.8 Å². The van der Waals surface area contributed by atoms with Crippen LogP contribution < -0.4 is 10.1 Å². The lowest BCUT2D eigenvalue weighted by Crippen LogP contribution is -2.24. The van der Waals surface area contributed by atoms with Crippen LogP contribution in [0.1, 0.15) is 11.1 Å². The zero-order valence-electron chi connectivity index (χ0n) is 16.3. The quantitative estimate of drug-likeness (QED) is 0.488. The predicted molar refractivity (Wildman–Crippen MR) is 112 cm³/mol. The van der Waals surface area contributed by atoms with Gasteiger partial charge in [0, 0.05) is 11.6 Å². The number of carbonyl (C=O) groups excluding carboxylic acids is 1. The van der Waals surface area contributed by atoms with Gasteiger partial charge in [0.1, 0.15) is 12.1 Å². The van der Waals surface area contributed by atoms with E-state index in [1.165, 1.54) is 23.9 Å². The molecule has 0 atom stereocenters. The van der Waals surface area contributed by atoms with Gasteiger partial charge in [-0.25, -0.2) is 0 Å². The minimum atomic E-state index is -4.39. The molecule has 31 heavy (non-hydrogen) atoms. The number of nitrogens with one attached hydrogen (secondary N) is 1. The number of halogens is 4. The number of alkyl halides is 3. The fourth-order valence-electron chi connectivity index (χ4n) is 2.48. The van der Waals surface area contributed by atoms with E-state index in [0.717, 1.165) is 16.8 Å². The molecule has 0 bridgehead atoms. The van der Waals surface area contributed by atoms with E-state index in [0.29, 0.717) is 10.2 Å².